The molecule has 0 aliphatic carbocycles. The zero-order valence-electron chi connectivity index (χ0n) is 20.6. The van der Waals surface area contributed by atoms with Crippen LogP contribution in [0.4, 0.5) is 21.9 Å². The normalized spacial score (nSPS) is 14.0. The summed E-state index contributed by atoms with van der Waals surface area (Å²) in [6.07, 6.45) is 1.37. The van der Waals surface area contributed by atoms with Crippen LogP contribution in [0.5, 0.6) is 11.5 Å². The highest BCUT2D eigenvalue weighted by molar-refractivity contribution is 8.18. The van der Waals surface area contributed by atoms with Gasteiger partial charge in [-0.25, -0.2) is 0 Å². The average molecular weight is 549 g/mol. The van der Waals surface area contributed by atoms with Crippen molar-refractivity contribution in [2.45, 2.75) is 13.8 Å². The molecule has 0 spiro atoms. The summed E-state index contributed by atoms with van der Waals surface area (Å²) in [6, 6.07) is 14.7. The van der Waals surface area contributed by atoms with E-state index in [9.17, 15) is 34.6 Å². The highest BCUT2D eigenvalue weighted by Crippen LogP contribution is 2.38. The number of nitrogens with zero attached hydrogens (tertiary/aromatic N) is 3. The fraction of sp³-hybridized carbons (Fsp3) is 0.115. The number of nitro benzene ring substituents is 2. The smallest absolute Gasteiger partial charge is 0.318 e. The van der Waals surface area contributed by atoms with Gasteiger partial charge in [-0.3, -0.25) is 39.5 Å². The summed E-state index contributed by atoms with van der Waals surface area (Å²) < 4.78 is 5.69. The number of hydrogen-bond donors (Lipinski definition) is 1. The SMILES string of the molecule is Cc1cc(C)cc(NC(=O)CN2C(=O)S/C(=C/c3ccccc3Oc3ccc([N+](=O)[O-])cc3[N+](=O)[O-])C2=O)c1. The lowest BCUT2D eigenvalue weighted by atomic mass is 10.1. The molecule has 1 aliphatic rings. The van der Waals surface area contributed by atoms with Gasteiger partial charge in [-0.1, -0.05) is 24.3 Å². The Morgan fingerprint density at radius 1 is 0.974 bits per heavy atom. The van der Waals surface area contributed by atoms with Crippen LogP contribution < -0.4 is 10.1 Å². The van der Waals surface area contributed by atoms with Crippen molar-refractivity contribution >= 4 is 52.0 Å². The number of non-ortho nitro benzene ring substituents is 1. The van der Waals surface area contributed by atoms with E-state index in [1.54, 1.807) is 30.3 Å². The first kappa shape index (κ1) is 27.0. The van der Waals surface area contributed by atoms with Gasteiger partial charge in [-0.2, -0.15) is 0 Å². The van der Waals surface area contributed by atoms with E-state index in [1.807, 2.05) is 19.9 Å². The number of anilines is 1. The minimum absolute atomic E-state index is 0.0217. The molecule has 13 heteroatoms. The van der Waals surface area contributed by atoms with Crippen LogP contribution in [0.25, 0.3) is 6.08 Å². The molecule has 0 atom stereocenters. The highest BCUT2D eigenvalue weighted by Gasteiger charge is 2.36. The Bertz CT molecular complexity index is 1550. The number of hydrogen-bond acceptors (Lipinski definition) is 9. The molecule has 0 saturated carbocycles. The maximum absolute atomic E-state index is 13.0. The third-order valence-electron chi connectivity index (χ3n) is 5.46. The molecular weight excluding hydrogens is 528 g/mol. The number of carbonyl (C=O) groups excluding carboxylic acids is 3. The summed E-state index contributed by atoms with van der Waals surface area (Å²) >= 11 is 0.638. The summed E-state index contributed by atoms with van der Waals surface area (Å²) in [5, 5.41) is 24.5. The van der Waals surface area contributed by atoms with Crippen LogP contribution in [0.15, 0.2) is 65.6 Å². The number of aryl methyl sites for hydroxylation is 2. The topological polar surface area (TPSA) is 162 Å². The molecule has 12 nitrogen and oxygen atoms in total. The number of thioether (sulfide) groups is 1. The molecule has 0 aromatic heterocycles. The van der Waals surface area contributed by atoms with Crippen LogP contribution in [-0.4, -0.2) is 38.3 Å². The number of carbonyl (C=O) groups is 3. The fourth-order valence-corrected chi connectivity index (χ4v) is 4.66. The highest BCUT2D eigenvalue weighted by atomic mass is 32.2. The van der Waals surface area contributed by atoms with Gasteiger partial charge in [-0.05, 0) is 67.1 Å². The molecule has 39 heavy (non-hydrogen) atoms. The van der Waals surface area contributed by atoms with Crippen molar-refractivity contribution in [2.75, 3.05) is 11.9 Å². The summed E-state index contributed by atoms with van der Waals surface area (Å²) in [6.45, 7) is 3.28. The Morgan fingerprint density at radius 3 is 2.33 bits per heavy atom. The quantitative estimate of drug-likeness (QED) is 0.215. The van der Waals surface area contributed by atoms with Gasteiger partial charge >= 0.3 is 5.69 Å². The lowest BCUT2D eigenvalue weighted by Gasteiger charge is -2.13. The van der Waals surface area contributed by atoms with Crippen LogP contribution in [0.1, 0.15) is 16.7 Å². The molecule has 1 N–H and O–H groups in total. The zero-order chi connectivity index (χ0) is 28.3. The largest absolute Gasteiger partial charge is 0.449 e. The Labute approximate surface area is 225 Å². The molecule has 1 saturated heterocycles. The molecule has 0 radical (unpaired) electrons. The minimum Gasteiger partial charge on any atom is -0.449 e. The van der Waals surface area contributed by atoms with Crippen LogP contribution in [0.3, 0.4) is 0 Å². The van der Waals surface area contributed by atoms with Gasteiger partial charge in [0, 0.05) is 17.3 Å². The molecule has 4 rings (SSSR count). The Kier molecular flexibility index (Phi) is 7.72. The van der Waals surface area contributed by atoms with Crippen molar-refractivity contribution in [3.8, 4) is 11.5 Å². The lowest BCUT2D eigenvalue weighted by molar-refractivity contribution is -0.394. The molecule has 3 aromatic carbocycles. The van der Waals surface area contributed by atoms with E-state index >= 15 is 0 Å². The van der Waals surface area contributed by atoms with E-state index in [1.165, 1.54) is 12.1 Å². The molecule has 0 bridgehead atoms. The van der Waals surface area contributed by atoms with E-state index in [2.05, 4.69) is 5.32 Å². The van der Waals surface area contributed by atoms with E-state index in [-0.39, 0.29) is 16.4 Å². The number of benzene rings is 3. The zero-order valence-corrected chi connectivity index (χ0v) is 21.4. The van der Waals surface area contributed by atoms with Crippen molar-refractivity contribution in [1.29, 1.82) is 0 Å². The van der Waals surface area contributed by atoms with Gasteiger partial charge in [-0.15, -0.1) is 0 Å². The molecule has 1 fully saturated rings. The number of para-hydroxylation sites is 1. The first-order valence-electron chi connectivity index (χ1n) is 11.3. The number of amides is 3. The summed E-state index contributed by atoms with van der Waals surface area (Å²) in [4.78, 5) is 59.8. The number of imide groups is 1. The van der Waals surface area contributed by atoms with Gasteiger partial charge in [0.05, 0.1) is 20.8 Å². The molecular formula is C26H20N4O8S. The van der Waals surface area contributed by atoms with Crippen molar-refractivity contribution < 1.29 is 29.0 Å². The van der Waals surface area contributed by atoms with Crippen molar-refractivity contribution in [2.24, 2.45) is 0 Å². The summed E-state index contributed by atoms with van der Waals surface area (Å²) in [5.41, 5.74) is 1.66. The summed E-state index contributed by atoms with van der Waals surface area (Å²) in [5.74, 6) is -1.37. The van der Waals surface area contributed by atoms with Gasteiger partial charge in [0.1, 0.15) is 12.3 Å². The molecule has 198 valence electrons. The standard InChI is InChI=1S/C26H20N4O8S/c1-15-9-16(2)11-18(10-15)27-24(31)14-28-25(32)23(39-26(28)33)12-17-5-3-4-6-21(17)38-22-8-7-19(29(34)35)13-20(22)30(36)37/h3-13H,14H2,1-2H3,(H,27,31)/b23-12+. The second kappa shape index (κ2) is 11.1. The third kappa shape index (κ3) is 6.27. The van der Waals surface area contributed by atoms with Crippen molar-refractivity contribution in [1.82, 2.24) is 4.90 Å². The Morgan fingerprint density at radius 2 is 1.67 bits per heavy atom. The van der Waals surface area contributed by atoms with Crippen LogP contribution in [-0.2, 0) is 9.59 Å². The number of ether oxygens (including phenoxy) is 1. The maximum Gasteiger partial charge on any atom is 0.318 e. The Hall–Kier alpha value is -5.04. The van der Waals surface area contributed by atoms with E-state index in [0.29, 0.717) is 23.0 Å². The average Bonchev–Trinajstić information content (AvgIpc) is 3.11. The van der Waals surface area contributed by atoms with E-state index in [0.717, 1.165) is 34.2 Å². The van der Waals surface area contributed by atoms with Crippen LogP contribution in [0.2, 0.25) is 0 Å². The predicted molar refractivity (Wildman–Crippen MR) is 143 cm³/mol. The number of rotatable bonds is 8. The molecule has 3 aromatic rings. The van der Waals surface area contributed by atoms with Crippen LogP contribution >= 0.6 is 11.8 Å². The second-order valence-electron chi connectivity index (χ2n) is 8.50. The molecule has 0 unspecified atom stereocenters. The number of nitro groups is 2. The first-order chi connectivity index (χ1) is 18.5. The Balaban J connectivity index is 1.54. The third-order valence-corrected chi connectivity index (χ3v) is 6.36. The van der Waals surface area contributed by atoms with Gasteiger partial charge in [0.2, 0.25) is 11.7 Å². The van der Waals surface area contributed by atoms with Gasteiger partial charge in [0.25, 0.3) is 16.8 Å². The summed E-state index contributed by atoms with van der Waals surface area (Å²) in [7, 11) is 0. The minimum atomic E-state index is -0.806. The molecule has 1 heterocycles. The van der Waals surface area contributed by atoms with E-state index in [4.69, 9.17) is 4.74 Å². The second-order valence-corrected chi connectivity index (χ2v) is 9.49. The van der Waals surface area contributed by atoms with Crippen LogP contribution in [0, 0.1) is 34.1 Å². The first-order valence-corrected chi connectivity index (χ1v) is 12.2. The lowest BCUT2D eigenvalue weighted by Crippen LogP contribution is -2.36. The van der Waals surface area contributed by atoms with Gasteiger partial charge < -0.3 is 10.1 Å². The molecule has 1 aliphatic heterocycles. The van der Waals surface area contributed by atoms with Crippen molar-refractivity contribution in [3.63, 3.8) is 0 Å². The fourth-order valence-electron chi connectivity index (χ4n) is 3.83. The predicted octanol–water partition coefficient (Wildman–Crippen LogP) is 5.59. The monoisotopic (exact) mass is 548 g/mol. The molecule has 3 amide bonds. The maximum atomic E-state index is 13.0. The number of nitrogens with one attached hydrogen (secondary N) is 1. The van der Waals surface area contributed by atoms with Gasteiger partial charge in [0.15, 0.2) is 0 Å². The van der Waals surface area contributed by atoms with E-state index < -0.39 is 44.8 Å². The van der Waals surface area contributed by atoms with Crippen molar-refractivity contribution in [3.05, 3.63) is 102 Å².